The molecule has 22 heavy (non-hydrogen) atoms. The zero-order chi connectivity index (χ0) is 15.6. The Kier molecular flexibility index (Phi) is 4.00. The van der Waals surface area contributed by atoms with Crippen molar-refractivity contribution in [3.63, 3.8) is 0 Å². The van der Waals surface area contributed by atoms with E-state index in [1.165, 1.54) is 11.3 Å². The van der Waals surface area contributed by atoms with E-state index in [1.54, 1.807) is 35.8 Å². The molecule has 0 atom stereocenters. The largest absolute Gasteiger partial charge is 0.493 e. The van der Waals surface area contributed by atoms with Crippen molar-refractivity contribution in [2.75, 3.05) is 11.3 Å². The number of sulfonamides is 1. The van der Waals surface area contributed by atoms with Gasteiger partial charge >= 0.3 is 0 Å². The van der Waals surface area contributed by atoms with Gasteiger partial charge in [-0.05, 0) is 19.1 Å². The molecule has 0 radical (unpaired) electrons. The molecule has 114 valence electrons. The van der Waals surface area contributed by atoms with E-state index in [1.807, 2.05) is 19.1 Å². The standard InChI is InChI=1S/C15H14N2O3S2/c1-2-20-13-7-8-14(12-6-4-3-5-11(12)13)22(18,19)17-15-16-9-10-21-15/h3-10H,2H2,1H3,(H,16,17). The van der Waals surface area contributed by atoms with Crippen molar-refractivity contribution in [3.05, 3.63) is 48.0 Å². The van der Waals surface area contributed by atoms with Crippen LogP contribution >= 0.6 is 11.3 Å². The summed E-state index contributed by atoms with van der Waals surface area (Å²) in [7, 11) is -3.70. The lowest BCUT2D eigenvalue weighted by atomic mass is 10.1. The fourth-order valence-corrected chi connectivity index (χ4v) is 4.20. The zero-order valence-electron chi connectivity index (χ0n) is 11.8. The van der Waals surface area contributed by atoms with Gasteiger partial charge in [0.15, 0.2) is 5.13 Å². The quantitative estimate of drug-likeness (QED) is 0.775. The first-order valence-electron chi connectivity index (χ1n) is 6.68. The van der Waals surface area contributed by atoms with E-state index in [9.17, 15) is 8.42 Å². The summed E-state index contributed by atoms with van der Waals surface area (Å²) in [6.07, 6.45) is 1.55. The van der Waals surface area contributed by atoms with E-state index >= 15 is 0 Å². The van der Waals surface area contributed by atoms with Crippen LogP contribution in [0, 0.1) is 0 Å². The SMILES string of the molecule is CCOc1ccc(S(=O)(=O)Nc2nccs2)c2ccccc12. The van der Waals surface area contributed by atoms with Gasteiger partial charge in [0.1, 0.15) is 5.75 Å². The average Bonchev–Trinajstić information content (AvgIpc) is 3.00. The number of ether oxygens (including phenoxy) is 1. The fraction of sp³-hybridized carbons (Fsp3) is 0.133. The number of anilines is 1. The molecule has 5 nitrogen and oxygen atoms in total. The predicted octanol–water partition coefficient (Wildman–Crippen LogP) is 3.50. The van der Waals surface area contributed by atoms with E-state index in [2.05, 4.69) is 9.71 Å². The van der Waals surface area contributed by atoms with Gasteiger partial charge < -0.3 is 4.74 Å². The van der Waals surface area contributed by atoms with Gasteiger partial charge in [-0.25, -0.2) is 13.4 Å². The van der Waals surface area contributed by atoms with E-state index < -0.39 is 10.0 Å². The summed E-state index contributed by atoms with van der Waals surface area (Å²) in [5.41, 5.74) is 0. The minimum absolute atomic E-state index is 0.210. The molecule has 1 aromatic heterocycles. The molecule has 3 rings (SSSR count). The lowest BCUT2D eigenvalue weighted by molar-refractivity contribution is 0.344. The molecule has 1 N–H and O–H groups in total. The number of hydrogen-bond acceptors (Lipinski definition) is 5. The van der Waals surface area contributed by atoms with Crippen molar-refractivity contribution >= 4 is 37.3 Å². The number of nitrogens with one attached hydrogen (secondary N) is 1. The molecule has 7 heteroatoms. The molecule has 0 aliphatic rings. The summed E-state index contributed by atoms with van der Waals surface area (Å²) in [5.74, 6) is 0.672. The van der Waals surface area contributed by atoms with Gasteiger partial charge in [-0.2, -0.15) is 0 Å². The van der Waals surface area contributed by atoms with E-state index in [-0.39, 0.29) is 4.90 Å². The first kappa shape index (κ1) is 14.8. The fourth-order valence-electron chi connectivity index (χ4n) is 2.20. The van der Waals surface area contributed by atoms with Gasteiger partial charge in [0, 0.05) is 22.3 Å². The molecule has 1 heterocycles. The molecule has 3 aromatic rings. The third kappa shape index (κ3) is 2.77. The number of rotatable bonds is 5. The van der Waals surface area contributed by atoms with E-state index in [0.717, 1.165) is 5.39 Å². The zero-order valence-corrected chi connectivity index (χ0v) is 13.4. The lowest BCUT2D eigenvalue weighted by Gasteiger charge is -2.12. The molecule has 0 saturated carbocycles. The van der Waals surface area contributed by atoms with Crippen molar-refractivity contribution in [3.8, 4) is 5.75 Å². The molecule has 0 aliphatic carbocycles. The highest BCUT2D eigenvalue weighted by Gasteiger charge is 2.20. The van der Waals surface area contributed by atoms with Gasteiger partial charge in [-0.15, -0.1) is 11.3 Å². The second-order valence-electron chi connectivity index (χ2n) is 4.48. The second-order valence-corrected chi connectivity index (χ2v) is 7.03. The Morgan fingerprint density at radius 2 is 1.95 bits per heavy atom. The van der Waals surface area contributed by atoms with Crippen LogP contribution in [0.5, 0.6) is 5.75 Å². The Balaban J connectivity index is 2.13. The Bertz CT molecular complexity index is 890. The van der Waals surface area contributed by atoms with Gasteiger partial charge in [0.2, 0.25) is 0 Å². The molecular formula is C15H14N2O3S2. The molecule has 0 amide bonds. The summed E-state index contributed by atoms with van der Waals surface area (Å²) in [6, 6.07) is 10.5. The number of hydrogen-bond donors (Lipinski definition) is 1. The van der Waals surface area contributed by atoms with Crippen LogP contribution in [0.25, 0.3) is 10.8 Å². The van der Waals surface area contributed by atoms with Crippen LogP contribution in [0.1, 0.15) is 6.92 Å². The third-order valence-corrected chi connectivity index (χ3v) is 5.30. The maximum atomic E-state index is 12.6. The Morgan fingerprint density at radius 1 is 1.18 bits per heavy atom. The van der Waals surface area contributed by atoms with Crippen molar-refractivity contribution in [2.45, 2.75) is 11.8 Å². The molecule has 0 bridgehead atoms. The summed E-state index contributed by atoms with van der Waals surface area (Å²) in [5, 5.41) is 3.45. The summed E-state index contributed by atoms with van der Waals surface area (Å²) < 4.78 is 33.3. The molecule has 0 unspecified atom stereocenters. The first-order chi connectivity index (χ1) is 10.6. The molecule has 0 spiro atoms. The van der Waals surface area contributed by atoms with Crippen LogP contribution in [0.3, 0.4) is 0 Å². The van der Waals surface area contributed by atoms with Gasteiger partial charge in [0.25, 0.3) is 10.0 Å². The van der Waals surface area contributed by atoms with E-state index in [0.29, 0.717) is 22.9 Å². The van der Waals surface area contributed by atoms with Gasteiger partial charge in [-0.1, -0.05) is 24.3 Å². The topological polar surface area (TPSA) is 68.3 Å². The normalized spacial score (nSPS) is 11.5. The van der Waals surface area contributed by atoms with Crippen molar-refractivity contribution < 1.29 is 13.2 Å². The molecule has 0 aliphatic heterocycles. The van der Waals surface area contributed by atoms with Crippen molar-refractivity contribution in [1.82, 2.24) is 4.98 Å². The van der Waals surface area contributed by atoms with Gasteiger partial charge in [0.05, 0.1) is 11.5 Å². The highest BCUT2D eigenvalue weighted by molar-refractivity contribution is 7.93. The van der Waals surface area contributed by atoms with Crippen LogP contribution in [-0.2, 0) is 10.0 Å². The monoisotopic (exact) mass is 334 g/mol. The van der Waals surface area contributed by atoms with Crippen LogP contribution in [-0.4, -0.2) is 20.0 Å². The number of aromatic nitrogens is 1. The number of nitrogens with zero attached hydrogens (tertiary/aromatic N) is 1. The lowest BCUT2D eigenvalue weighted by Crippen LogP contribution is -2.13. The number of thiazole rings is 1. The van der Waals surface area contributed by atoms with Crippen molar-refractivity contribution in [1.29, 1.82) is 0 Å². The van der Waals surface area contributed by atoms with Crippen LogP contribution in [0.2, 0.25) is 0 Å². The highest BCUT2D eigenvalue weighted by Crippen LogP contribution is 2.32. The molecule has 2 aromatic carbocycles. The maximum absolute atomic E-state index is 12.6. The third-order valence-electron chi connectivity index (χ3n) is 3.09. The number of benzene rings is 2. The van der Waals surface area contributed by atoms with Crippen LogP contribution < -0.4 is 9.46 Å². The molecule has 0 fully saturated rings. The summed E-state index contributed by atoms with van der Waals surface area (Å²) in [6.45, 7) is 2.41. The highest BCUT2D eigenvalue weighted by atomic mass is 32.2. The minimum Gasteiger partial charge on any atom is -0.493 e. The first-order valence-corrected chi connectivity index (χ1v) is 9.05. The number of fused-ring (bicyclic) bond motifs is 1. The van der Waals surface area contributed by atoms with Crippen LogP contribution in [0.4, 0.5) is 5.13 Å². The molecular weight excluding hydrogens is 320 g/mol. The molecule has 0 saturated heterocycles. The van der Waals surface area contributed by atoms with Gasteiger partial charge in [-0.3, -0.25) is 4.72 Å². The maximum Gasteiger partial charge on any atom is 0.264 e. The smallest absolute Gasteiger partial charge is 0.264 e. The summed E-state index contributed by atoms with van der Waals surface area (Å²) in [4.78, 5) is 4.17. The minimum atomic E-state index is -3.70. The Hall–Kier alpha value is -2.12. The van der Waals surface area contributed by atoms with Crippen molar-refractivity contribution in [2.24, 2.45) is 0 Å². The average molecular weight is 334 g/mol. The predicted molar refractivity (Wildman–Crippen MR) is 88.0 cm³/mol. The van der Waals surface area contributed by atoms with E-state index in [4.69, 9.17) is 4.74 Å². The Morgan fingerprint density at radius 3 is 2.64 bits per heavy atom. The second kappa shape index (κ2) is 5.94. The Labute approximate surface area is 132 Å². The van der Waals surface area contributed by atoms with Crippen LogP contribution in [0.15, 0.2) is 52.9 Å². The summed E-state index contributed by atoms with van der Waals surface area (Å²) >= 11 is 1.24.